The van der Waals surface area contributed by atoms with Gasteiger partial charge < -0.3 is 5.73 Å². The van der Waals surface area contributed by atoms with E-state index in [-0.39, 0.29) is 10.8 Å². The summed E-state index contributed by atoms with van der Waals surface area (Å²) in [5.41, 5.74) is 6.31. The van der Waals surface area contributed by atoms with Crippen LogP contribution in [0.3, 0.4) is 0 Å². The van der Waals surface area contributed by atoms with Gasteiger partial charge in [-0.2, -0.15) is 0 Å². The number of ketones is 1. The van der Waals surface area contributed by atoms with Crippen LogP contribution in [0, 0.1) is 0 Å². The first-order chi connectivity index (χ1) is 6.07. The summed E-state index contributed by atoms with van der Waals surface area (Å²) in [6.07, 6.45) is 0.365. The predicted octanol–water partition coefficient (Wildman–Crippen LogP) is 3.17. The van der Waals surface area contributed by atoms with Crippen molar-refractivity contribution in [3.8, 4) is 0 Å². The number of benzene rings is 1. The second-order valence-corrected chi connectivity index (χ2v) is 3.39. The molecule has 0 bridgehead atoms. The largest absolute Gasteiger partial charge is 0.398 e. The van der Waals surface area contributed by atoms with Crippen molar-refractivity contribution in [1.29, 1.82) is 0 Å². The molecule has 0 aliphatic rings. The zero-order valence-corrected chi connectivity index (χ0v) is 8.62. The number of hydrogen-bond acceptors (Lipinski definition) is 2. The molecule has 0 aromatic heterocycles. The number of rotatable bonds is 2. The lowest BCUT2D eigenvalue weighted by Gasteiger charge is -2.06. The lowest BCUT2D eigenvalue weighted by molar-refractivity contribution is 0.0989. The summed E-state index contributed by atoms with van der Waals surface area (Å²) in [6.45, 7) is 1.75. The fraction of sp³-hybridized carbons (Fsp3) is 0.222. The van der Waals surface area contributed by atoms with Gasteiger partial charge in [-0.3, -0.25) is 4.79 Å². The standard InChI is InChI=1S/C9H9Cl2NO/c1-2-7(13)8-6(12)4-3-5(10)9(8)11/h3-4H,2,12H2,1H3. The van der Waals surface area contributed by atoms with E-state index in [9.17, 15) is 4.79 Å². The van der Waals surface area contributed by atoms with Crippen molar-refractivity contribution in [2.75, 3.05) is 5.73 Å². The number of nitrogen functional groups attached to an aromatic ring is 1. The molecule has 0 aliphatic carbocycles. The molecule has 2 nitrogen and oxygen atoms in total. The lowest BCUT2D eigenvalue weighted by Crippen LogP contribution is -2.03. The molecule has 0 saturated heterocycles. The molecule has 4 heteroatoms. The molecular weight excluding hydrogens is 209 g/mol. The molecule has 1 aromatic rings. The van der Waals surface area contributed by atoms with Gasteiger partial charge in [-0.15, -0.1) is 0 Å². The molecular formula is C9H9Cl2NO. The first kappa shape index (κ1) is 10.4. The number of hydrogen-bond donors (Lipinski definition) is 1. The molecule has 0 heterocycles. The van der Waals surface area contributed by atoms with Crippen molar-refractivity contribution in [3.05, 3.63) is 27.7 Å². The smallest absolute Gasteiger partial charge is 0.166 e. The Kier molecular flexibility index (Phi) is 3.17. The van der Waals surface area contributed by atoms with Crippen molar-refractivity contribution in [3.63, 3.8) is 0 Å². The molecule has 0 unspecified atom stereocenters. The van der Waals surface area contributed by atoms with Crippen molar-refractivity contribution in [2.24, 2.45) is 0 Å². The predicted molar refractivity (Wildman–Crippen MR) is 55.5 cm³/mol. The number of Topliss-reactive ketones (excluding diaryl/α,β-unsaturated/α-hetero) is 1. The molecule has 0 atom stereocenters. The maximum Gasteiger partial charge on any atom is 0.166 e. The van der Waals surface area contributed by atoms with E-state index in [1.54, 1.807) is 19.1 Å². The number of anilines is 1. The van der Waals surface area contributed by atoms with Crippen LogP contribution >= 0.6 is 23.2 Å². The highest BCUT2D eigenvalue weighted by atomic mass is 35.5. The lowest BCUT2D eigenvalue weighted by atomic mass is 10.1. The summed E-state index contributed by atoms with van der Waals surface area (Å²) in [7, 11) is 0. The van der Waals surface area contributed by atoms with Crippen LogP contribution in [0.25, 0.3) is 0 Å². The number of halogens is 2. The maximum absolute atomic E-state index is 11.4. The van der Waals surface area contributed by atoms with Crippen LogP contribution in [0.2, 0.25) is 10.0 Å². The van der Waals surface area contributed by atoms with Crippen molar-refractivity contribution in [1.82, 2.24) is 0 Å². The van der Waals surface area contributed by atoms with Crippen molar-refractivity contribution in [2.45, 2.75) is 13.3 Å². The van der Waals surface area contributed by atoms with Gasteiger partial charge in [-0.25, -0.2) is 0 Å². The van der Waals surface area contributed by atoms with Gasteiger partial charge >= 0.3 is 0 Å². The third-order valence-corrected chi connectivity index (χ3v) is 2.53. The Labute approximate surface area is 86.6 Å². The Balaban J connectivity index is 3.33. The molecule has 70 valence electrons. The number of carbonyl (C=O) groups is 1. The zero-order valence-electron chi connectivity index (χ0n) is 7.10. The Bertz CT molecular complexity index is 350. The molecule has 2 N–H and O–H groups in total. The Hall–Kier alpha value is -0.730. The third kappa shape index (κ3) is 1.95. The number of carbonyl (C=O) groups excluding carboxylic acids is 1. The van der Waals surface area contributed by atoms with Gasteiger partial charge in [0, 0.05) is 12.1 Å². The zero-order chi connectivity index (χ0) is 10.0. The first-order valence-corrected chi connectivity index (χ1v) is 4.60. The number of nitrogens with two attached hydrogens (primary N) is 1. The van der Waals surface area contributed by atoms with E-state index < -0.39 is 0 Å². The van der Waals surface area contributed by atoms with Crippen LogP contribution in [0.4, 0.5) is 5.69 Å². The molecule has 0 fully saturated rings. The van der Waals surface area contributed by atoms with Gasteiger partial charge in [0.15, 0.2) is 5.78 Å². The Morgan fingerprint density at radius 1 is 1.46 bits per heavy atom. The van der Waals surface area contributed by atoms with E-state index in [4.69, 9.17) is 28.9 Å². The van der Waals surface area contributed by atoms with Gasteiger partial charge in [0.2, 0.25) is 0 Å². The van der Waals surface area contributed by atoms with E-state index in [0.29, 0.717) is 22.7 Å². The van der Waals surface area contributed by atoms with E-state index >= 15 is 0 Å². The molecule has 13 heavy (non-hydrogen) atoms. The van der Waals surface area contributed by atoms with E-state index in [1.165, 1.54) is 0 Å². The molecule has 0 radical (unpaired) electrons. The highest BCUT2D eigenvalue weighted by Crippen LogP contribution is 2.30. The summed E-state index contributed by atoms with van der Waals surface area (Å²) in [4.78, 5) is 11.4. The van der Waals surface area contributed by atoms with Gasteiger partial charge in [-0.05, 0) is 12.1 Å². The van der Waals surface area contributed by atoms with E-state index in [0.717, 1.165) is 0 Å². The fourth-order valence-electron chi connectivity index (χ4n) is 1.03. The quantitative estimate of drug-likeness (QED) is 0.611. The average molecular weight is 218 g/mol. The van der Waals surface area contributed by atoms with Gasteiger partial charge in [0.1, 0.15) is 0 Å². The van der Waals surface area contributed by atoms with Crippen LogP contribution in [0.15, 0.2) is 12.1 Å². The minimum Gasteiger partial charge on any atom is -0.398 e. The molecule has 0 amide bonds. The molecule has 0 saturated carbocycles. The monoisotopic (exact) mass is 217 g/mol. The SMILES string of the molecule is CCC(=O)c1c(N)ccc(Cl)c1Cl. The third-order valence-electron chi connectivity index (χ3n) is 1.73. The summed E-state index contributed by atoms with van der Waals surface area (Å²) in [6, 6.07) is 3.16. The van der Waals surface area contributed by atoms with E-state index in [1.807, 2.05) is 0 Å². The summed E-state index contributed by atoms with van der Waals surface area (Å²) < 4.78 is 0. The van der Waals surface area contributed by atoms with Crippen LogP contribution < -0.4 is 5.73 Å². The summed E-state index contributed by atoms with van der Waals surface area (Å²) in [5, 5.41) is 0.598. The topological polar surface area (TPSA) is 43.1 Å². The van der Waals surface area contributed by atoms with Crippen LogP contribution in [0.1, 0.15) is 23.7 Å². The summed E-state index contributed by atoms with van der Waals surface area (Å²) >= 11 is 11.6. The molecule has 1 aromatic carbocycles. The van der Waals surface area contributed by atoms with Gasteiger partial charge in [-0.1, -0.05) is 30.1 Å². The molecule has 0 aliphatic heterocycles. The molecule has 0 spiro atoms. The van der Waals surface area contributed by atoms with Gasteiger partial charge in [0.25, 0.3) is 0 Å². The van der Waals surface area contributed by atoms with Crippen molar-refractivity contribution >= 4 is 34.7 Å². The highest BCUT2D eigenvalue weighted by Gasteiger charge is 2.14. The van der Waals surface area contributed by atoms with Crippen LogP contribution in [0.5, 0.6) is 0 Å². The average Bonchev–Trinajstić information content (AvgIpc) is 2.12. The van der Waals surface area contributed by atoms with Crippen molar-refractivity contribution < 1.29 is 4.79 Å². The Morgan fingerprint density at radius 3 is 2.62 bits per heavy atom. The van der Waals surface area contributed by atoms with Crippen LogP contribution in [-0.2, 0) is 0 Å². The highest BCUT2D eigenvalue weighted by molar-refractivity contribution is 6.44. The second-order valence-electron chi connectivity index (χ2n) is 2.60. The minimum atomic E-state index is -0.0926. The first-order valence-electron chi connectivity index (χ1n) is 3.84. The van der Waals surface area contributed by atoms with Crippen LogP contribution in [-0.4, -0.2) is 5.78 Å². The maximum atomic E-state index is 11.4. The fourth-order valence-corrected chi connectivity index (χ4v) is 1.46. The van der Waals surface area contributed by atoms with Gasteiger partial charge in [0.05, 0.1) is 15.6 Å². The Morgan fingerprint density at radius 2 is 2.08 bits per heavy atom. The second kappa shape index (κ2) is 3.99. The minimum absolute atomic E-state index is 0.0926. The summed E-state index contributed by atoms with van der Waals surface area (Å²) in [5.74, 6) is -0.0926. The van der Waals surface area contributed by atoms with E-state index in [2.05, 4.69) is 0 Å². The normalized spacial score (nSPS) is 10.1. The molecule has 1 rings (SSSR count).